The summed E-state index contributed by atoms with van der Waals surface area (Å²) in [6.45, 7) is 9.38. The van der Waals surface area contributed by atoms with Gasteiger partial charge in [0.2, 0.25) is 0 Å². The second kappa shape index (κ2) is 5.33. The maximum Gasteiger partial charge on any atom is 0.0723 e. The molecule has 0 saturated heterocycles. The molecule has 4 aliphatic rings. The number of aliphatic hydroxyl groups is 2. The van der Waals surface area contributed by atoms with Crippen molar-refractivity contribution in [1.82, 2.24) is 0 Å². The summed E-state index contributed by atoms with van der Waals surface area (Å²) in [6, 6.07) is 0. The molecule has 0 aromatic heterocycles. The molecule has 0 aliphatic heterocycles. The van der Waals surface area contributed by atoms with Gasteiger partial charge in [0.25, 0.3) is 0 Å². The normalized spacial score (nSPS) is 52.9. The molecule has 0 bridgehead atoms. The summed E-state index contributed by atoms with van der Waals surface area (Å²) in [7, 11) is 0. The molecular formula is C22H36O2. The molecule has 24 heavy (non-hydrogen) atoms. The molecule has 0 aromatic rings. The van der Waals surface area contributed by atoms with Gasteiger partial charge < -0.3 is 10.2 Å². The maximum absolute atomic E-state index is 11.3. The highest BCUT2D eigenvalue weighted by molar-refractivity contribution is 5.23. The lowest BCUT2D eigenvalue weighted by atomic mass is 9.43. The van der Waals surface area contributed by atoms with Crippen molar-refractivity contribution in [2.45, 2.75) is 90.8 Å². The zero-order valence-electron chi connectivity index (χ0n) is 16.0. The van der Waals surface area contributed by atoms with E-state index in [1.807, 2.05) is 0 Å². The molecule has 0 amide bonds. The van der Waals surface area contributed by atoms with E-state index in [2.05, 4.69) is 33.8 Å². The molecule has 4 aliphatic carbocycles. The average Bonchev–Trinajstić information content (AvgIpc) is 2.77. The number of allylic oxidation sites excluding steroid dienone is 1. The standard InChI is InChI=1S/C22H36O2/c1-5-22-13-20(2,3)19-16-9-7-15(23)12-14(16)6-8-17(19)18(22)10-11-21(22,4)24/h12,15-19,23-24H,5-11,13H2,1-4H3/t15?,16?,17?,18?,19?,21-,22?/m0/s1. The minimum Gasteiger partial charge on any atom is -0.390 e. The van der Waals surface area contributed by atoms with E-state index in [1.54, 1.807) is 5.57 Å². The predicted octanol–water partition coefficient (Wildman–Crippen LogP) is 4.70. The number of hydrogen-bond donors (Lipinski definition) is 2. The highest BCUT2D eigenvalue weighted by Gasteiger charge is 2.66. The first-order valence-electron chi connectivity index (χ1n) is 10.3. The van der Waals surface area contributed by atoms with Gasteiger partial charge in [0, 0.05) is 5.41 Å². The van der Waals surface area contributed by atoms with Gasteiger partial charge >= 0.3 is 0 Å². The predicted molar refractivity (Wildman–Crippen MR) is 97.5 cm³/mol. The summed E-state index contributed by atoms with van der Waals surface area (Å²) in [5.41, 5.74) is 1.45. The van der Waals surface area contributed by atoms with Gasteiger partial charge in [-0.15, -0.1) is 0 Å². The van der Waals surface area contributed by atoms with Gasteiger partial charge in [-0.3, -0.25) is 0 Å². The van der Waals surface area contributed by atoms with Crippen molar-refractivity contribution in [2.75, 3.05) is 0 Å². The first-order valence-corrected chi connectivity index (χ1v) is 10.3. The van der Waals surface area contributed by atoms with E-state index in [0.717, 1.165) is 31.1 Å². The van der Waals surface area contributed by atoms with Crippen molar-refractivity contribution < 1.29 is 10.2 Å². The van der Waals surface area contributed by atoms with E-state index in [1.165, 1.54) is 32.1 Å². The summed E-state index contributed by atoms with van der Waals surface area (Å²) >= 11 is 0. The van der Waals surface area contributed by atoms with Gasteiger partial charge in [-0.1, -0.05) is 32.4 Å². The van der Waals surface area contributed by atoms with Crippen LogP contribution in [0.15, 0.2) is 11.6 Å². The monoisotopic (exact) mass is 332 g/mol. The van der Waals surface area contributed by atoms with Gasteiger partial charge in [-0.05, 0) is 87.4 Å². The Hall–Kier alpha value is -0.340. The Labute approximate surface area is 147 Å². The molecule has 0 aromatic carbocycles. The molecule has 2 heteroatoms. The van der Waals surface area contributed by atoms with E-state index in [4.69, 9.17) is 0 Å². The van der Waals surface area contributed by atoms with Crippen molar-refractivity contribution in [2.24, 2.45) is 34.5 Å². The fourth-order valence-corrected chi connectivity index (χ4v) is 8.06. The molecule has 4 rings (SSSR count). The van der Waals surface area contributed by atoms with Crippen molar-refractivity contribution in [1.29, 1.82) is 0 Å². The summed E-state index contributed by atoms with van der Waals surface area (Å²) in [4.78, 5) is 0. The van der Waals surface area contributed by atoms with Crippen LogP contribution in [0.5, 0.6) is 0 Å². The quantitative estimate of drug-likeness (QED) is 0.683. The third-order valence-corrected chi connectivity index (χ3v) is 8.86. The molecular weight excluding hydrogens is 296 g/mol. The molecule has 3 fully saturated rings. The molecule has 7 atom stereocenters. The second-order valence-corrected chi connectivity index (χ2v) is 10.3. The lowest BCUT2D eigenvalue weighted by Crippen LogP contribution is -2.58. The van der Waals surface area contributed by atoms with Crippen molar-refractivity contribution in [3.63, 3.8) is 0 Å². The molecule has 6 unspecified atom stereocenters. The van der Waals surface area contributed by atoms with Crippen LogP contribution >= 0.6 is 0 Å². The highest BCUT2D eigenvalue weighted by atomic mass is 16.3. The Kier molecular flexibility index (Phi) is 3.80. The largest absolute Gasteiger partial charge is 0.390 e. The molecule has 2 nitrogen and oxygen atoms in total. The highest BCUT2D eigenvalue weighted by Crippen LogP contribution is 2.70. The third kappa shape index (κ3) is 2.14. The third-order valence-electron chi connectivity index (χ3n) is 8.86. The molecule has 0 spiro atoms. The van der Waals surface area contributed by atoms with E-state index >= 15 is 0 Å². The molecule has 0 heterocycles. The number of aliphatic hydroxyl groups excluding tert-OH is 1. The Balaban J connectivity index is 1.75. The maximum atomic E-state index is 11.3. The summed E-state index contributed by atoms with van der Waals surface area (Å²) in [6.07, 6.45) is 11.0. The fourth-order valence-electron chi connectivity index (χ4n) is 8.06. The van der Waals surface area contributed by atoms with Crippen molar-refractivity contribution >= 4 is 0 Å². The smallest absolute Gasteiger partial charge is 0.0723 e. The van der Waals surface area contributed by atoms with Gasteiger partial charge in [0.15, 0.2) is 0 Å². The minimum atomic E-state index is -0.493. The Morgan fingerprint density at radius 1 is 1.12 bits per heavy atom. The van der Waals surface area contributed by atoms with E-state index in [0.29, 0.717) is 11.8 Å². The molecule has 0 radical (unpaired) electrons. The topological polar surface area (TPSA) is 40.5 Å². The van der Waals surface area contributed by atoms with Crippen LogP contribution < -0.4 is 0 Å². The van der Waals surface area contributed by atoms with Crippen LogP contribution in [0.1, 0.15) is 79.1 Å². The van der Waals surface area contributed by atoms with Crippen LogP contribution in [0.4, 0.5) is 0 Å². The average molecular weight is 333 g/mol. The van der Waals surface area contributed by atoms with E-state index in [-0.39, 0.29) is 16.9 Å². The van der Waals surface area contributed by atoms with Gasteiger partial charge in [0.1, 0.15) is 0 Å². The Morgan fingerprint density at radius 3 is 2.58 bits per heavy atom. The Morgan fingerprint density at radius 2 is 1.88 bits per heavy atom. The van der Waals surface area contributed by atoms with Crippen LogP contribution in [0.2, 0.25) is 0 Å². The lowest BCUT2D eigenvalue weighted by Gasteiger charge is -2.62. The van der Waals surface area contributed by atoms with Crippen LogP contribution in [-0.4, -0.2) is 21.9 Å². The fraction of sp³-hybridized carbons (Fsp3) is 0.909. The van der Waals surface area contributed by atoms with Gasteiger partial charge in [-0.2, -0.15) is 0 Å². The van der Waals surface area contributed by atoms with Crippen molar-refractivity contribution in [3.05, 3.63) is 11.6 Å². The molecule has 2 N–H and O–H groups in total. The SMILES string of the molecule is CCC12CC(C)(C)C3C4CCC(O)C=C4CCC3C1CC[C@]2(C)O. The van der Waals surface area contributed by atoms with Gasteiger partial charge in [0.05, 0.1) is 11.7 Å². The first kappa shape index (κ1) is 17.1. The molecule has 3 saturated carbocycles. The lowest BCUT2D eigenvalue weighted by molar-refractivity contribution is -0.165. The number of fused-ring (bicyclic) bond motifs is 5. The zero-order valence-corrected chi connectivity index (χ0v) is 16.0. The zero-order chi connectivity index (χ0) is 17.3. The van der Waals surface area contributed by atoms with E-state index < -0.39 is 5.60 Å². The summed E-state index contributed by atoms with van der Waals surface area (Å²) < 4.78 is 0. The van der Waals surface area contributed by atoms with Crippen LogP contribution in [0, 0.1) is 34.5 Å². The Bertz CT molecular complexity index is 546. The summed E-state index contributed by atoms with van der Waals surface area (Å²) in [5, 5.41) is 21.3. The van der Waals surface area contributed by atoms with Crippen LogP contribution in [-0.2, 0) is 0 Å². The molecule has 136 valence electrons. The van der Waals surface area contributed by atoms with Crippen LogP contribution in [0.3, 0.4) is 0 Å². The van der Waals surface area contributed by atoms with Gasteiger partial charge in [-0.25, -0.2) is 0 Å². The van der Waals surface area contributed by atoms with E-state index in [9.17, 15) is 10.2 Å². The first-order chi connectivity index (χ1) is 11.2. The summed E-state index contributed by atoms with van der Waals surface area (Å²) in [5.74, 6) is 2.88. The van der Waals surface area contributed by atoms with Crippen molar-refractivity contribution in [3.8, 4) is 0 Å². The van der Waals surface area contributed by atoms with Crippen LogP contribution in [0.25, 0.3) is 0 Å². The number of hydrogen-bond acceptors (Lipinski definition) is 2. The minimum absolute atomic E-state index is 0.118. The second-order valence-electron chi connectivity index (χ2n) is 10.3. The number of rotatable bonds is 1.